The fourth-order valence-corrected chi connectivity index (χ4v) is 1.53. The Kier molecular flexibility index (Phi) is 3.44. The summed E-state index contributed by atoms with van der Waals surface area (Å²) in [5, 5.41) is 6.46. The molecule has 0 aliphatic heterocycles. The van der Waals surface area contributed by atoms with E-state index in [0.717, 1.165) is 17.1 Å². The van der Waals surface area contributed by atoms with E-state index in [1.54, 1.807) is 11.3 Å². The Morgan fingerprint density at radius 1 is 1.83 bits per heavy atom. The van der Waals surface area contributed by atoms with Crippen molar-refractivity contribution in [1.82, 2.24) is 10.3 Å². The summed E-state index contributed by atoms with van der Waals surface area (Å²) < 4.78 is 0. The lowest BCUT2D eigenvalue weighted by Crippen LogP contribution is -2.19. The van der Waals surface area contributed by atoms with Crippen LogP contribution in [-0.4, -0.2) is 11.5 Å². The first-order valence-corrected chi connectivity index (χ1v) is 4.85. The van der Waals surface area contributed by atoms with E-state index >= 15 is 0 Å². The molecule has 0 aliphatic carbocycles. The molecule has 0 aromatic carbocycles. The van der Waals surface area contributed by atoms with Crippen LogP contribution in [0.15, 0.2) is 23.7 Å². The lowest BCUT2D eigenvalue weighted by Gasteiger charge is -2.10. The molecule has 0 unspecified atom stereocenters. The third-order valence-electron chi connectivity index (χ3n) is 1.53. The second-order valence-corrected chi connectivity index (χ2v) is 3.86. The van der Waals surface area contributed by atoms with Gasteiger partial charge in [0.25, 0.3) is 0 Å². The van der Waals surface area contributed by atoms with Gasteiger partial charge in [-0.25, -0.2) is 4.98 Å². The normalized spacial score (nSPS) is 12.8. The number of aromatic nitrogens is 1. The smallest absolute Gasteiger partial charge is 0.109 e. The quantitative estimate of drug-likeness (QED) is 0.723. The van der Waals surface area contributed by atoms with Crippen LogP contribution in [0, 0.1) is 0 Å². The van der Waals surface area contributed by atoms with Gasteiger partial charge in [-0.3, -0.25) is 0 Å². The van der Waals surface area contributed by atoms with Gasteiger partial charge in [-0.1, -0.05) is 12.2 Å². The third kappa shape index (κ3) is 2.75. The number of nitrogens with one attached hydrogen (secondary N) is 1. The average molecular weight is 182 g/mol. The van der Waals surface area contributed by atoms with Crippen LogP contribution in [0.5, 0.6) is 0 Å². The van der Waals surface area contributed by atoms with Gasteiger partial charge in [0.1, 0.15) is 5.01 Å². The summed E-state index contributed by atoms with van der Waals surface area (Å²) in [7, 11) is 0. The van der Waals surface area contributed by atoms with Crippen molar-refractivity contribution in [3.05, 3.63) is 28.7 Å². The zero-order valence-electron chi connectivity index (χ0n) is 7.50. The standard InChI is InChI=1S/C9H14N2S/c1-7(2)6-11-8(3)9-10-4-5-12-9/h4-5,8,11H,1,6H2,2-3H3/t8-/m1/s1. The molecule has 0 spiro atoms. The minimum absolute atomic E-state index is 0.335. The highest BCUT2D eigenvalue weighted by molar-refractivity contribution is 7.09. The molecule has 0 amide bonds. The maximum atomic E-state index is 4.22. The number of nitrogens with zero attached hydrogens (tertiary/aromatic N) is 1. The lowest BCUT2D eigenvalue weighted by molar-refractivity contribution is 0.604. The van der Waals surface area contributed by atoms with Crippen LogP contribution in [0.4, 0.5) is 0 Å². The topological polar surface area (TPSA) is 24.9 Å². The molecule has 0 aliphatic rings. The summed E-state index contributed by atoms with van der Waals surface area (Å²) in [5.74, 6) is 0. The van der Waals surface area contributed by atoms with Crippen LogP contribution in [0.3, 0.4) is 0 Å². The van der Waals surface area contributed by atoms with E-state index in [-0.39, 0.29) is 0 Å². The Hall–Kier alpha value is -0.670. The highest BCUT2D eigenvalue weighted by Gasteiger charge is 2.05. The molecule has 1 aromatic heterocycles. The monoisotopic (exact) mass is 182 g/mol. The van der Waals surface area contributed by atoms with Gasteiger partial charge >= 0.3 is 0 Å². The van der Waals surface area contributed by atoms with Gasteiger partial charge in [0, 0.05) is 18.1 Å². The lowest BCUT2D eigenvalue weighted by atomic mass is 10.3. The van der Waals surface area contributed by atoms with Gasteiger partial charge in [-0.05, 0) is 13.8 Å². The molecule has 1 rings (SSSR count). The molecule has 12 heavy (non-hydrogen) atoms. The number of hydrogen-bond acceptors (Lipinski definition) is 3. The van der Waals surface area contributed by atoms with Gasteiger partial charge < -0.3 is 5.32 Å². The molecule has 2 nitrogen and oxygen atoms in total. The van der Waals surface area contributed by atoms with Gasteiger partial charge in [0.15, 0.2) is 0 Å². The van der Waals surface area contributed by atoms with Crippen molar-refractivity contribution in [3.63, 3.8) is 0 Å². The molecule has 66 valence electrons. The van der Waals surface area contributed by atoms with Gasteiger partial charge in [-0.15, -0.1) is 11.3 Å². The van der Waals surface area contributed by atoms with Crippen molar-refractivity contribution >= 4 is 11.3 Å². The molecule has 0 bridgehead atoms. The van der Waals surface area contributed by atoms with Crippen LogP contribution in [0.2, 0.25) is 0 Å². The molecule has 1 aromatic rings. The number of rotatable bonds is 4. The molecule has 0 saturated carbocycles. The van der Waals surface area contributed by atoms with E-state index in [4.69, 9.17) is 0 Å². The molecule has 0 radical (unpaired) electrons. The average Bonchev–Trinajstić information content (AvgIpc) is 2.51. The second kappa shape index (κ2) is 4.38. The molecule has 0 fully saturated rings. The first-order chi connectivity index (χ1) is 5.70. The zero-order chi connectivity index (χ0) is 8.97. The van der Waals surface area contributed by atoms with Gasteiger partial charge in [0.05, 0.1) is 6.04 Å². The molecule has 1 heterocycles. The highest BCUT2D eigenvalue weighted by Crippen LogP contribution is 2.14. The molecule has 1 atom stereocenters. The Morgan fingerprint density at radius 3 is 3.08 bits per heavy atom. The first-order valence-electron chi connectivity index (χ1n) is 3.97. The predicted octanol–water partition coefficient (Wildman–Crippen LogP) is 2.37. The Labute approximate surface area is 77.3 Å². The molecular weight excluding hydrogens is 168 g/mol. The summed E-state index contributed by atoms with van der Waals surface area (Å²) in [5.41, 5.74) is 1.15. The van der Waals surface area contributed by atoms with Gasteiger partial charge in [-0.2, -0.15) is 0 Å². The van der Waals surface area contributed by atoms with E-state index in [0.29, 0.717) is 6.04 Å². The van der Waals surface area contributed by atoms with Crippen LogP contribution in [-0.2, 0) is 0 Å². The Morgan fingerprint density at radius 2 is 2.58 bits per heavy atom. The predicted molar refractivity (Wildman–Crippen MR) is 53.3 cm³/mol. The fourth-order valence-electron chi connectivity index (χ4n) is 0.863. The van der Waals surface area contributed by atoms with E-state index in [2.05, 4.69) is 23.8 Å². The Bertz CT molecular complexity index is 241. The number of hydrogen-bond donors (Lipinski definition) is 1. The summed E-state index contributed by atoms with van der Waals surface area (Å²) in [6.45, 7) is 8.82. The second-order valence-electron chi connectivity index (χ2n) is 2.93. The van der Waals surface area contributed by atoms with Gasteiger partial charge in [0.2, 0.25) is 0 Å². The maximum absolute atomic E-state index is 4.22. The summed E-state index contributed by atoms with van der Waals surface area (Å²) in [6, 6.07) is 0.335. The van der Waals surface area contributed by atoms with E-state index in [9.17, 15) is 0 Å². The summed E-state index contributed by atoms with van der Waals surface area (Å²) in [4.78, 5) is 4.22. The van der Waals surface area contributed by atoms with Crippen LogP contribution in [0.1, 0.15) is 24.9 Å². The van der Waals surface area contributed by atoms with E-state index in [1.165, 1.54) is 0 Å². The summed E-state index contributed by atoms with van der Waals surface area (Å²) >= 11 is 1.68. The van der Waals surface area contributed by atoms with Crippen molar-refractivity contribution in [1.29, 1.82) is 0 Å². The molecule has 3 heteroatoms. The van der Waals surface area contributed by atoms with Crippen LogP contribution >= 0.6 is 11.3 Å². The Balaban J connectivity index is 2.39. The van der Waals surface area contributed by atoms with E-state index < -0.39 is 0 Å². The van der Waals surface area contributed by atoms with Crippen molar-refractivity contribution < 1.29 is 0 Å². The maximum Gasteiger partial charge on any atom is 0.109 e. The van der Waals surface area contributed by atoms with Crippen molar-refractivity contribution in [2.24, 2.45) is 0 Å². The third-order valence-corrected chi connectivity index (χ3v) is 2.49. The minimum Gasteiger partial charge on any atom is -0.304 e. The first kappa shape index (κ1) is 9.42. The summed E-state index contributed by atoms with van der Waals surface area (Å²) in [6.07, 6.45) is 1.83. The van der Waals surface area contributed by atoms with Crippen molar-refractivity contribution in [2.75, 3.05) is 6.54 Å². The van der Waals surface area contributed by atoms with Crippen LogP contribution < -0.4 is 5.32 Å². The van der Waals surface area contributed by atoms with Crippen molar-refractivity contribution in [2.45, 2.75) is 19.9 Å². The largest absolute Gasteiger partial charge is 0.304 e. The minimum atomic E-state index is 0.335. The number of thiazole rings is 1. The molecule has 1 N–H and O–H groups in total. The van der Waals surface area contributed by atoms with E-state index in [1.807, 2.05) is 18.5 Å². The highest BCUT2D eigenvalue weighted by atomic mass is 32.1. The molecular formula is C9H14N2S. The SMILES string of the molecule is C=C(C)CN[C@H](C)c1nccs1. The van der Waals surface area contributed by atoms with Crippen LogP contribution in [0.25, 0.3) is 0 Å². The zero-order valence-corrected chi connectivity index (χ0v) is 8.32. The fraction of sp³-hybridized carbons (Fsp3) is 0.444. The van der Waals surface area contributed by atoms with Crippen molar-refractivity contribution in [3.8, 4) is 0 Å². The molecule has 0 saturated heterocycles.